The SMILES string of the molecule is Cc1cc2c3c(c1)c1c(C)/c(=C4/C(=O)C(c5sc6c(c5C)c5cc(C)cc7c8cc(C)ccc8n6c75)=C4O)sc1[n+]-3c1ccc(C)cc21. The predicted octanol–water partition coefficient (Wildman–Crippen LogP) is 9.84. The molecule has 1 N–H and O–H groups in total. The standard InChI is InChI=1S/C42H28N2O2S2/c1-17-7-9-29-23(11-17)25-13-19(3)15-27-31-21(5)39(47-41(31)43(29)35(25)27)33-37(45)34(38(33)46)40-22(6)32-28-16-20(4)14-26-24-12-18(2)8-10-30(24)44(36(26)28)42(32)48-40/h7-16H,1-6H3/p+1. The van der Waals surface area contributed by atoms with Crippen molar-refractivity contribution in [1.82, 2.24) is 4.40 Å². The van der Waals surface area contributed by atoms with Gasteiger partial charge in [0.2, 0.25) is 17.0 Å². The summed E-state index contributed by atoms with van der Waals surface area (Å²) in [5.41, 5.74) is 12.8. The fraction of sp³-hybridized carbons (Fsp3) is 0.143. The number of benzene rings is 4. The van der Waals surface area contributed by atoms with E-state index in [0.717, 1.165) is 30.2 Å². The second-order valence-corrected chi connectivity index (χ2v) is 16.0. The minimum absolute atomic E-state index is 0.0660. The maximum Gasteiger partial charge on any atom is 0.276 e. The van der Waals surface area contributed by atoms with Gasteiger partial charge in [0.15, 0.2) is 0 Å². The van der Waals surface area contributed by atoms with Crippen LogP contribution >= 0.6 is 22.7 Å². The average molecular weight is 658 g/mol. The van der Waals surface area contributed by atoms with Gasteiger partial charge in [-0.25, -0.2) is 0 Å². The lowest BCUT2D eigenvalue weighted by atomic mass is 9.85. The largest absolute Gasteiger partial charge is 0.506 e. The molecule has 6 heteroatoms. The number of hydrogen-bond donors (Lipinski definition) is 1. The quantitative estimate of drug-likeness (QED) is 0.179. The Bertz CT molecular complexity index is 3200. The van der Waals surface area contributed by atoms with Crippen LogP contribution in [-0.4, -0.2) is 15.3 Å². The lowest BCUT2D eigenvalue weighted by molar-refractivity contribution is -0.527. The minimum Gasteiger partial charge on any atom is -0.506 e. The highest BCUT2D eigenvalue weighted by atomic mass is 32.1. The number of Topliss-reactive ketones (excluding diaryl/α,β-unsaturated/α-hetero) is 1. The first-order valence-electron chi connectivity index (χ1n) is 16.4. The molecule has 1 aliphatic carbocycles. The third-order valence-corrected chi connectivity index (χ3v) is 13.5. The molecule has 0 radical (unpaired) electrons. The van der Waals surface area contributed by atoms with Crippen molar-refractivity contribution in [1.29, 1.82) is 0 Å². The van der Waals surface area contributed by atoms with Crippen molar-refractivity contribution < 1.29 is 14.5 Å². The van der Waals surface area contributed by atoms with E-state index in [0.29, 0.717) is 11.1 Å². The van der Waals surface area contributed by atoms with Crippen LogP contribution in [0.5, 0.6) is 0 Å². The first-order chi connectivity index (χ1) is 23.1. The summed E-state index contributed by atoms with van der Waals surface area (Å²) in [6.45, 7) is 12.8. The second-order valence-electron chi connectivity index (χ2n) is 14.0. The molecule has 2 aliphatic heterocycles. The van der Waals surface area contributed by atoms with Gasteiger partial charge < -0.3 is 5.11 Å². The van der Waals surface area contributed by atoms with Gasteiger partial charge in [0.05, 0.1) is 48.3 Å². The third kappa shape index (κ3) is 2.95. The van der Waals surface area contributed by atoms with Gasteiger partial charge in [-0.15, -0.1) is 15.9 Å². The summed E-state index contributed by atoms with van der Waals surface area (Å²) in [7, 11) is 0. The summed E-state index contributed by atoms with van der Waals surface area (Å²) >= 11 is 3.25. The third-order valence-electron chi connectivity index (χ3n) is 10.9. The number of nitrogens with zero attached hydrogens (tertiary/aromatic N) is 2. The number of carbonyl (C=O) groups is 1. The van der Waals surface area contributed by atoms with Crippen LogP contribution in [0.1, 0.15) is 38.3 Å². The molecular weight excluding hydrogens is 629 g/mol. The Morgan fingerprint density at radius 1 is 0.646 bits per heavy atom. The van der Waals surface area contributed by atoms with Gasteiger partial charge in [0.25, 0.3) is 4.83 Å². The number of aromatic nitrogens is 2. The first-order valence-corrected chi connectivity index (χ1v) is 18.0. The minimum atomic E-state index is -0.0660. The smallest absolute Gasteiger partial charge is 0.276 e. The summed E-state index contributed by atoms with van der Waals surface area (Å²) in [5, 5.41) is 21.6. The van der Waals surface area contributed by atoms with E-state index in [-0.39, 0.29) is 11.5 Å². The highest BCUT2D eigenvalue weighted by Gasteiger charge is 2.41. The van der Waals surface area contributed by atoms with Crippen molar-refractivity contribution in [3.8, 4) is 5.69 Å². The zero-order valence-corrected chi connectivity index (χ0v) is 29.0. The zero-order valence-electron chi connectivity index (χ0n) is 27.3. The molecule has 8 aromatic rings. The van der Waals surface area contributed by atoms with Crippen LogP contribution in [0.15, 0.2) is 66.4 Å². The van der Waals surface area contributed by atoms with Crippen LogP contribution in [0, 0.1) is 41.5 Å². The summed E-state index contributed by atoms with van der Waals surface area (Å²) in [5.74, 6) is 0.0556. The van der Waals surface area contributed by atoms with Crippen molar-refractivity contribution in [2.75, 3.05) is 0 Å². The molecule has 0 spiro atoms. The molecule has 11 rings (SSSR count). The van der Waals surface area contributed by atoms with Gasteiger partial charge in [0, 0.05) is 32.5 Å². The van der Waals surface area contributed by atoms with Crippen molar-refractivity contribution >= 4 is 109 Å². The Kier molecular flexibility index (Phi) is 4.78. The molecule has 0 bridgehead atoms. The Labute approximate surface area is 283 Å². The highest BCUT2D eigenvalue weighted by molar-refractivity contribution is 7.21. The fourth-order valence-corrected chi connectivity index (χ4v) is 11.6. The Balaban J connectivity index is 1.19. The van der Waals surface area contributed by atoms with Crippen LogP contribution in [0.3, 0.4) is 0 Å². The molecule has 3 aliphatic rings. The van der Waals surface area contributed by atoms with E-state index in [1.807, 2.05) is 0 Å². The number of aliphatic hydroxyl groups is 1. The normalized spacial score (nSPS) is 15.6. The summed E-state index contributed by atoms with van der Waals surface area (Å²) in [4.78, 5) is 17.4. The van der Waals surface area contributed by atoms with Gasteiger partial charge in [0.1, 0.15) is 10.6 Å². The van der Waals surface area contributed by atoms with Gasteiger partial charge in [-0.1, -0.05) is 34.6 Å². The zero-order chi connectivity index (χ0) is 32.7. The Morgan fingerprint density at radius 3 is 2.08 bits per heavy atom. The molecule has 0 saturated heterocycles. The van der Waals surface area contributed by atoms with Gasteiger partial charge in [-0.2, -0.15) is 0 Å². The van der Waals surface area contributed by atoms with E-state index >= 15 is 0 Å². The van der Waals surface area contributed by atoms with E-state index in [9.17, 15) is 9.90 Å². The monoisotopic (exact) mass is 657 g/mol. The predicted molar refractivity (Wildman–Crippen MR) is 201 cm³/mol. The molecule has 4 aromatic carbocycles. The first kappa shape index (κ1) is 27.0. The average Bonchev–Trinajstić information content (AvgIpc) is 3.85. The molecule has 0 amide bonds. The molecule has 0 fully saturated rings. The maximum atomic E-state index is 14.3. The number of carbonyl (C=O) groups excluding carboxylic acids is 1. The van der Waals surface area contributed by atoms with E-state index < -0.39 is 0 Å². The summed E-state index contributed by atoms with van der Waals surface area (Å²) in [6.07, 6.45) is 0. The maximum absolute atomic E-state index is 14.3. The van der Waals surface area contributed by atoms with Crippen molar-refractivity contribution in [2.24, 2.45) is 0 Å². The van der Waals surface area contributed by atoms with Gasteiger partial charge in [-0.05, 0) is 106 Å². The van der Waals surface area contributed by atoms with Crippen molar-refractivity contribution in [3.63, 3.8) is 0 Å². The van der Waals surface area contributed by atoms with Crippen LogP contribution in [0.2, 0.25) is 0 Å². The number of hydrogen-bond acceptors (Lipinski definition) is 4. The molecule has 230 valence electrons. The molecule has 0 saturated carbocycles. The Morgan fingerprint density at radius 2 is 1.31 bits per heavy atom. The lowest BCUT2D eigenvalue weighted by Crippen LogP contribution is -2.27. The van der Waals surface area contributed by atoms with E-state index in [4.69, 9.17) is 0 Å². The molecule has 0 atom stereocenters. The van der Waals surface area contributed by atoms with Crippen LogP contribution < -0.4 is 9.10 Å². The number of fused-ring (bicyclic) bond motifs is 12. The lowest BCUT2D eigenvalue weighted by Gasteiger charge is -2.20. The fourth-order valence-electron chi connectivity index (χ4n) is 8.86. The molecule has 0 unspecified atom stereocenters. The highest BCUT2D eigenvalue weighted by Crippen LogP contribution is 2.50. The van der Waals surface area contributed by atoms with E-state index in [2.05, 4.69) is 111 Å². The van der Waals surface area contributed by atoms with Crippen LogP contribution in [0.4, 0.5) is 0 Å². The number of allylic oxidation sites excluding steroid dienone is 2. The van der Waals surface area contributed by atoms with Gasteiger partial charge >= 0.3 is 0 Å². The number of rotatable bonds is 1. The van der Waals surface area contributed by atoms with Gasteiger partial charge in [-0.3, -0.25) is 9.20 Å². The number of thiophene rings is 2. The number of aliphatic hydroxyl groups excluding tert-OH is 1. The molecule has 4 aromatic heterocycles. The van der Waals surface area contributed by atoms with Crippen LogP contribution in [0.25, 0.3) is 86.1 Å². The summed E-state index contributed by atoms with van der Waals surface area (Å²) in [6, 6.07) is 22.4. The molecular formula is C42H29N2O2S2+. The number of ketones is 1. The summed E-state index contributed by atoms with van der Waals surface area (Å²) < 4.78 is 5.62. The van der Waals surface area contributed by atoms with E-state index in [1.54, 1.807) is 22.7 Å². The van der Waals surface area contributed by atoms with Crippen LogP contribution in [-0.2, 0) is 4.79 Å². The molecule has 48 heavy (non-hydrogen) atoms. The Hall–Kier alpha value is -5.04. The van der Waals surface area contributed by atoms with Crippen molar-refractivity contribution in [2.45, 2.75) is 41.5 Å². The molecule has 4 nitrogen and oxygen atoms in total. The topological polar surface area (TPSA) is 45.6 Å². The second kappa shape index (κ2) is 8.51. The molecule has 6 heterocycles. The van der Waals surface area contributed by atoms with E-state index in [1.165, 1.54) is 87.6 Å². The van der Waals surface area contributed by atoms with Crippen molar-refractivity contribution in [3.05, 3.63) is 109 Å². The number of aryl methyl sites for hydroxylation is 6.